The van der Waals surface area contributed by atoms with Crippen LogP contribution in [0.5, 0.6) is 5.75 Å². The van der Waals surface area contributed by atoms with Crippen LogP contribution in [-0.2, 0) is 6.54 Å². The minimum atomic E-state index is -0.739. The standard InChI is InChI=1S/C19H13Cl2N3O3S/c1-2-24-12-6-4-3-5-10(12)16(25)14(18(24)27)17(26)23-19-22-15-11(21)7-9(20)8-13(15)28-19/h3-8,25H,2H2,1H3,(H,22,23,26). The van der Waals surface area contributed by atoms with Crippen molar-refractivity contribution in [2.75, 3.05) is 5.32 Å². The second-order valence-corrected chi connectivity index (χ2v) is 7.87. The fourth-order valence-corrected chi connectivity index (χ4v) is 4.66. The van der Waals surface area contributed by atoms with Crippen LogP contribution in [-0.4, -0.2) is 20.6 Å². The molecule has 0 bridgehead atoms. The number of benzene rings is 2. The molecular formula is C19H13Cl2N3O3S. The van der Waals surface area contributed by atoms with E-state index in [2.05, 4.69) is 10.3 Å². The Hall–Kier alpha value is -2.61. The van der Waals surface area contributed by atoms with Gasteiger partial charge in [-0.3, -0.25) is 14.9 Å². The summed E-state index contributed by atoms with van der Waals surface area (Å²) in [5.74, 6) is -1.10. The predicted molar refractivity (Wildman–Crippen MR) is 113 cm³/mol. The molecule has 2 aromatic heterocycles. The first-order valence-electron chi connectivity index (χ1n) is 8.32. The van der Waals surface area contributed by atoms with Gasteiger partial charge in [0.2, 0.25) is 0 Å². The third-order valence-corrected chi connectivity index (χ3v) is 5.75. The molecule has 4 aromatic rings. The number of rotatable bonds is 3. The van der Waals surface area contributed by atoms with Crippen molar-refractivity contribution < 1.29 is 9.90 Å². The summed E-state index contributed by atoms with van der Waals surface area (Å²) in [5.41, 5.74) is 0.160. The number of halogens is 2. The highest BCUT2D eigenvalue weighted by atomic mass is 35.5. The Bertz CT molecular complexity index is 1310. The number of hydrogen-bond acceptors (Lipinski definition) is 5. The lowest BCUT2D eigenvalue weighted by molar-refractivity contribution is 0.102. The quantitative estimate of drug-likeness (QED) is 0.481. The normalized spacial score (nSPS) is 11.2. The number of carbonyl (C=O) groups excluding carboxylic acids is 1. The van der Waals surface area contributed by atoms with E-state index in [1.165, 1.54) is 15.9 Å². The Labute approximate surface area is 173 Å². The van der Waals surface area contributed by atoms with Crippen molar-refractivity contribution in [1.29, 1.82) is 0 Å². The van der Waals surface area contributed by atoms with Crippen LogP contribution in [0.1, 0.15) is 17.3 Å². The van der Waals surface area contributed by atoms with Gasteiger partial charge < -0.3 is 9.67 Å². The Kier molecular flexibility index (Phi) is 4.74. The van der Waals surface area contributed by atoms with Gasteiger partial charge in [0.1, 0.15) is 16.8 Å². The summed E-state index contributed by atoms with van der Waals surface area (Å²) in [5, 5.41) is 14.7. The second kappa shape index (κ2) is 7.09. The Balaban J connectivity index is 1.82. The Morgan fingerprint density at radius 1 is 1.29 bits per heavy atom. The van der Waals surface area contributed by atoms with E-state index in [1.54, 1.807) is 43.3 Å². The number of carbonyl (C=O) groups is 1. The van der Waals surface area contributed by atoms with Crippen LogP contribution in [0, 0.1) is 0 Å². The molecule has 0 saturated heterocycles. The first kappa shape index (κ1) is 18.7. The first-order valence-corrected chi connectivity index (χ1v) is 9.89. The van der Waals surface area contributed by atoms with E-state index < -0.39 is 11.5 Å². The molecule has 9 heteroatoms. The van der Waals surface area contributed by atoms with Crippen molar-refractivity contribution >= 4 is 66.7 Å². The molecule has 0 spiro atoms. The molecule has 1 amide bonds. The number of aryl methyl sites for hydroxylation is 1. The molecule has 142 valence electrons. The molecule has 4 rings (SSSR count). The molecule has 2 N–H and O–H groups in total. The van der Waals surface area contributed by atoms with Crippen LogP contribution in [0.3, 0.4) is 0 Å². The van der Waals surface area contributed by atoms with Gasteiger partial charge in [0.15, 0.2) is 5.13 Å². The van der Waals surface area contributed by atoms with Crippen molar-refractivity contribution in [3.63, 3.8) is 0 Å². The monoisotopic (exact) mass is 433 g/mol. The first-order chi connectivity index (χ1) is 13.4. The number of fused-ring (bicyclic) bond motifs is 2. The van der Waals surface area contributed by atoms with Crippen molar-refractivity contribution in [3.05, 3.63) is 62.4 Å². The fourth-order valence-electron chi connectivity index (χ4n) is 3.08. The number of nitrogens with one attached hydrogen (secondary N) is 1. The number of aromatic nitrogens is 2. The molecular weight excluding hydrogens is 421 g/mol. The van der Waals surface area contributed by atoms with Gasteiger partial charge in [0, 0.05) is 17.0 Å². The Morgan fingerprint density at radius 3 is 2.79 bits per heavy atom. The molecule has 0 unspecified atom stereocenters. The van der Waals surface area contributed by atoms with Crippen LogP contribution in [0.25, 0.3) is 21.1 Å². The van der Waals surface area contributed by atoms with E-state index in [0.717, 1.165) is 0 Å². The third kappa shape index (κ3) is 3.01. The van der Waals surface area contributed by atoms with E-state index in [9.17, 15) is 14.7 Å². The van der Waals surface area contributed by atoms with Gasteiger partial charge in [0.25, 0.3) is 11.5 Å². The van der Waals surface area contributed by atoms with Crippen LogP contribution in [0.15, 0.2) is 41.2 Å². The van der Waals surface area contributed by atoms with Gasteiger partial charge in [-0.1, -0.05) is 46.7 Å². The van der Waals surface area contributed by atoms with E-state index in [4.69, 9.17) is 23.2 Å². The number of aromatic hydroxyl groups is 1. The highest BCUT2D eigenvalue weighted by Gasteiger charge is 2.23. The molecule has 2 aromatic carbocycles. The van der Waals surface area contributed by atoms with Crippen LogP contribution >= 0.6 is 34.5 Å². The molecule has 0 atom stereocenters. The minimum absolute atomic E-state index is 0.249. The topological polar surface area (TPSA) is 84.2 Å². The van der Waals surface area contributed by atoms with Crippen molar-refractivity contribution in [3.8, 4) is 5.75 Å². The van der Waals surface area contributed by atoms with Crippen molar-refractivity contribution in [2.24, 2.45) is 0 Å². The average molecular weight is 434 g/mol. The molecule has 2 heterocycles. The van der Waals surface area contributed by atoms with E-state index in [0.29, 0.717) is 37.7 Å². The molecule has 0 saturated carbocycles. The molecule has 0 fully saturated rings. The van der Waals surface area contributed by atoms with Crippen molar-refractivity contribution in [2.45, 2.75) is 13.5 Å². The summed E-state index contributed by atoms with van der Waals surface area (Å²) in [6.07, 6.45) is 0. The molecule has 28 heavy (non-hydrogen) atoms. The summed E-state index contributed by atoms with van der Waals surface area (Å²) in [6, 6.07) is 10.1. The van der Waals surface area contributed by atoms with E-state index >= 15 is 0 Å². The molecule has 0 aliphatic heterocycles. The maximum absolute atomic E-state index is 12.8. The predicted octanol–water partition coefficient (Wildman–Crippen LogP) is 4.90. The lowest BCUT2D eigenvalue weighted by Gasteiger charge is -2.13. The third-order valence-electron chi connectivity index (χ3n) is 4.32. The maximum atomic E-state index is 12.8. The lowest BCUT2D eigenvalue weighted by atomic mass is 10.1. The van der Waals surface area contributed by atoms with Crippen LogP contribution in [0.2, 0.25) is 10.0 Å². The summed E-state index contributed by atoms with van der Waals surface area (Å²) in [6.45, 7) is 2.15. The Morgan fingerprint density at radius 2 is 2.04 bits per heavy atom. The number of pyridine rings is 1. The highest BCUT2D eigenvalue weighted by Crippen LogP contribution is 2.34. The zero-order valence-corrected chi connectivity index (χ0v) is 16.8. The second-order valence-electron chi connectivity index (χ2n) is 6.00. The number of thiazole rings is 1. The smallest absolute Gasteiger partial charge is 0.267 e. The SMILES string of the molecule is CCn1c(=O)c(C(=O)Nc2nc3c(Cl)cc(Cl)cc3s2)c(O)c2ccccc21. The zero-order valence-electron chi connectivity index (χ0n) is 14.5. The van der Waals surface area contributed by atoms with Crippen LogP contribution < -0.4 is 10.9 Å². The molecule has 0 aliphatic carbocycles. The molecule has 0 aliphatic rings. The summed E-state index contributed by atoms with van der Waals surface area (Å²) < 4.78 is 2.14. The van der Waals surface area contributed by atoms with E-state index in [-0.39, 0.29) is 16.4 Å². The summed E-state index contributed by atoms with van der Waals surface area (Å²) >= 11 is 13.3. The maximum Gasteiger partial charge on any atom is 0.267 e. The number of hydrogen-bond donors (Lipinski definition) is 2. The molecule has 0 radical (unpaired) electrons. The highest BCUT2D eigenvalue weighted by molar-refractivity contribution is 7.22. The number of para-hydroxylation sites is 1. The van der Waals surface area contributed by atoms with Gasteiger partial charge in [-0.15, -0.1) is 0 Å². The van der Waals surface area contributed by atoms with Crippen LogP contribution in [0.4, 0.5) is 5.13 Å². The lowest BCUT2D eigenvalue weighted by Crippen LogP contribution is -2.29. The fraction of sp³-hybridized carbons (Fsp3) is 0.105. The minimum Gasteiger partial charge on any atom is -0.506 e. The molecule has 6 nitrogen and oxygen atoms in total. The van der Waals surface area contributed by atoms with Gasteiger partial charge in [-0.25, -0.2) is 4.98 Å². The average Bonchev–Trinajstić information content (AvgIpc) is 3.05. The number of amides is 1. The zero-order chi connectivity index (χ0) is 20.0. The van der Waals surface area contributed by atoms with Gasteiger partial charge in [-0.05, 0) is 31.2 Å². The van der Waals surface area contributed by atoms with Crippen molar-refractivity contribution in [1.82, 2.24) is 9.55 Å². The van der Waals surface area contributed by atoms with E-state index in [1.807, 2.05) is 0 Å². The number of nitrogens with zero attached hydrogens (tertiary/aromatic N) is 2. The number of anilines is 1. The summed E-state index contributed by atoms with van der Waals surface area (Å²) in [4.78, 5) is 29.9. The largest absolute Gasteiger partial charge is 0.506 e. The van der Waals surface area contributed by atoms with Gasteiger partial charge in [0.05, 0.1) is 15.2 Å². The van der Waals surface area contributed by atoms with Gasteiger partial charge in [-0.2, -0.15) is 0 Å². The summed E-state index contributed by atoms with van der Waals surface area (Å²) in [7, 11) is 0. The van der Waals surface area contributed by atoms with Gasteiger partial charge >= 0.3 is 0 Å².